The SMILES string of the molecule is CC(F)CC(C)(C)C(=O)O. The first-order chi connectivity index (χ1) is 4.36. The average Bonchev–Trinajstić information content (AvgIpc) is 1.60. The molecule has 2 nitrogen and oxygen atoms in total. The second-order valence-electron chi connectivity index (χ2n) is 3.17. The Kier molecular flexibility index (Phi) is 2.81. The summed E-state index contributed by atoms with van der Waals surface area (Å²) < 4.78 is 12.3. The van der Waals surface area contributed by atoms with Crippen LogP contribution < -0.4 is 0 Å². The van der Waals surface area contributed by atoms with Crippen LogP contribution >= 0.6 is 0 Å². The summed E-state index contributed by atoms with van der Waals surface area (Å²) >= 11 is 0. The van der Waals surface area contributed by atoms with Gasteiger partial charge in [-0.05, 0) is 27.2 Å². The number of halogens is 1. The third kappa shape index (κ3) is 2.80. The Morgan fingerprint density at radius 1 is 1.70 bits per heavy atom. The first kappa shape index (κ1) is 9.40. The lowest BCUT2D eigenvalue weighted by Crippen LogP contribution is -2.26. The summed E-state index contributed by atoms with van der Waals surface area (Å²) in [5, 5.41) is 8.52. The fraction of sp³-hybridized carbons (Fsp3) is 0.857. The minimum absolute atomic E-state index is 0.0718. The standard InChI is InChI=1S/C7H13FO2/c1-5(8)4-7(2,3)6(9)10/h5H,4H2,1-3H3,(H,9,10). The molecule has 0 aliphatic heterocycles. The van der Waals surface area contributed by atoms with Gasteiger partial charge in [0.25, 0.3) is 0 Å². The zero-order chi connectivity index (χ0) is 8.36. The van der Waals surface area contributed by atoms with Gasteiger partial charge in [0.15, 0.2) is 0 Å². The molecule has 0 aliphatic rings. The summed E-state index contributed by atoms with van der Waals surface area (Å²) in [4.78, 5) is 10.4. The summed E-state index contributed by atoms with van der Waals surface area (Å²) in [6.45, 7) is 4.40. The van der Waals surface area contributed by atoms with E-state index in [-0.39, 0.29) is 6.42 Å². The second-order valence-corrected chi connectivity index (χ2v) is 3.17. The second kappa shape index (κ2) is 2.99. The Balaban J connectivity index is 4.00. The minimum atomic E-state index is -1.05. The molecular formula is C7H13FO2. The number of aliphatic carboxylic acids is 1. The summed E-state index contributed by atoms with van der Waals surface area (Å²) in [6.07, 6.45) is -0.978. The summed E-state index contributed by atoms with van der Waals surface area (Å²) in [5.41, 5.74) is -0.936. The molecule has 0 bridgehead atoms. The Labute approximate surface area is 60.1 Å². The van der Waals surface area contributed by atoms with E-state index in [1.807, 2.05) is 0 Å². The van der Waals surface area contributed by atoms with Gasteiger partial charge in [-0.3, -0.25) is 4.79 Å². The van der Waals surface area contributed by atoms with Gasteiger partial charge in [0.1, 0.15) is 0 Å². The molecule has 0 rings (SSSR count). The van der Waals surface area contributed by atoms with Crippen molar-refractivity contribution in [2.24, 2.45) is 5.41 Å². The van der Waals surface area contributed by atoms with Crippen LogP contribution in [0.15, 0.2) is 0 Å². The molecule has 0 aromatic heterocycles. The first-order valence-corrected chi connectivity index (χ1v) is 3.24. The molecule has 0 saturated carbocycles. The molecule has 3 heteroatoms. The van der Waals surface area contributed by atoms with E-state index in [4.69, 9.17) is 5.11 Å². The highest BCUT2D eigenvalue weighted by molar-refractivity contribution is 5.73. The van der Waals surface area contributed by atoms with E-state index in [0.29, 0.717) is 0 Å². The van der Waals surface area contributed by atoms with E-state index in [1.54, 1.807) is 0 Å². The molecule has 10 heavy (non-hydrogen) atoms. The minimum Gasteiger partial charge on any atom is -0.481 e. The normalized spacial score (nSPS) is 14.8. The lowest BCUT2D eigenvalue weighted by Gasteiger charge is -2.18. The number of alkyl halides is 1. The van der Waals surface area contributed by atoms with Crippen molar-refractivity contribution < 1.29 is 14.3 Å². The maximum atomic E-state index is 12.3. The van der Waals surface area contributed by atoms with E-state index >= 15 is 0 Å². The number of carboxylic acids is 1. The lowest BCUT2D eigenvalue weighted by molar-refractivity contribution is -0.148. The van der Waals surface area contributed by atoms with Crippen molar-refractivity contribution in [1.82, 2.24) is 0 Å². The Bertz CT molecular complexity index is 130. The molecule has 0 radical (unpaired) electrons. The predicted molar refractivity (Wildman–Crippen MR) is 36.6 cm³/mol. The van der Waals surface area contributed by atoms with Gasteiger partial charge in [-0.2, -0.15) is 0 Å². The van der Waals surface area contributed by atoms with Gasteiger partial charge in [0, 0.05) is 0 Å². The van der Waals surface area contributed by atoms with Gasteiger partial charge < -0.3 is 5.11 Å². The summed E-state index contributed by atoms with van der Waals surface area (Å²) in [6, 6.07) is 0. The zero-order valence-corrected chi connectivity index (χ0v) is 6.52. The molecule has 0 aromatic rings. The fourth-order valence-corrected chi connectivity index (χ4v) is 0.790. The van der Waals surface area contributed by atoms with Crippen LogP contribution in [-0.4, -0.2) is 17.2 Å². The van der Waals surface area contributed by atoms with Gasteiger partial charge in [0.2, 0.25) is 0 Å². The molecule has 0 amide bonds. The Morgan fingerprint density at radius 3 is 2.20 bits per heavy atom. The van der Waals surface area contributed by atoms with Crippen LogP contribution in [-0.2, 0) is 4.79 Å². The van der Waals surface area contributed by atoms with E-state index < -0.39 is 17.6 Å². The van der Waals surface area contributed by atoms with Crippen LogP contribution in [0.4, 0.5) is 4.39 Å². The molecule has 0 spiro atoms. The molecular weight excluding hydrogens is 135 g/mol. The van der Waals surface area contributed by atoms with Crippen LogP contribution in [0.2, 0.25) is 0 Å². The molecule has 60 valence electrons. The van der Waals surface area contributed by atoms with Crippen LogP contribution in [0.1, 0.15) is 27.2 Å². The lowest BCUT2D eigenvalue weighted by atomic mass is 9.88. The Hall–Kier alpha value is -0.600. The molecule has 0 aromatic carbocycles. The highest BCUT2D eigenvalue weighted by Gasteiger charge is 2.28. The predicted octanol–water partition coefficient (Wildman–Crippen LogP) is 1.85. The summed E-state index contributed by atoms with van der Waals surface area (Å²) in [5.74, 6) is -0.947. The maximum Gasteiger partial charge on any atom is 0.309 e. The third-order valence-electron chi connectivity index (χ3n) is 1.37. The average molecular weight is 148 g/mol. The molecule has 0 aliphatic carbocycles. The van der Waals surface area contributed by atoms with Crippen LogP contribution in [0.25, 0.3) is 0 Å². The first-order valence-electron chi connectivity index (χ1n) is 3.24. The van der Waals surface area contributed by atoms with Crippen molar-refractivity contribution >= 4 is 5.97 Å². The highest BCUT2D eigenvalue weighted by Crippen LogP contribution is 2.23. The largest absolute Gasteiger partial charge is 0.481 e. The molecule has 0 fully saturated rings. The number of rotatable bonds is 3. The van der Waals surface area contributed by atoms with Crippen LogP contribution in [0.3, 0.4) is 0 Å². The number of hydrogen-bond donors (Lipinski definition) is 1. The molecule has 0 saturated heterocycles. The molecule has 0 heterocycles. The fourth-order valence-electron chi connectivity index (χ4n) is 0.790. The highest BCUT2D eigenvalue weighted by atomic mass is 19.1. The van der Waals surface area contributed by atoms with Crippen molar-refractivity contribution in [3.8, 4) is 0 Å². The van der Waals surface area contributed by atoms with E-state index in [1.165, 1.54) is 20.8 Å². The van der Waals surface area contributed by atoms with Gasteiger partial charge >= 0.3 is 5.97 Å². The maximum absolute atomic E-state index is 12.3. The topological polar surface area (TPSA) is 37.3 Å². The van der Waals surface area contributed by atoms with Crippen molar-refractivity contribution in [3.05, 3.63) is 0 Å². The number of carbonyl (C=O) groups is 1. The molecule has 1 atom stereocenters. The number of hydrogen-bond acceptors (Lipinski definition) is 1. The van der Waals surface area contributed by atoms with E-state index in [9.17, 15) is 9.18 Å². The zero-order valence-electron chi connectivity index (χ0n) is 6.52. The van der Waals surface area contributed by atoms with Gasteiger partial charge in [-0.15, -0.1) is 0 Å². The third-order valence-corrected chi connectivity index (χ3v) is 1.37. The van der Waals surface area contributed by atoms with E-state index in [0.717, 1.165) is 0 Å². The van der Waals surface area contributed by atoms with Crippen molar-refractivity contribution in [2.45, 2.75) is 33.4 Å². The molecule has 1 N–H and O–H groups in total. The molecule has 1 unspecified atom stereocenters. The number of carboxylic acid groups (broad SMARTS) is 1. The summed E-state index contributed by atoms with van der Waals surface area (Å²) in [7, 11) is 0. The van der Waals surface area contributed by atoms with Gasteiger partial charge in [-0.25, -0.2) is 4.39 Å². The van der Waals surface area contributed by atoms with Gasteiger partial charge in [-0.1, -0.05) is 0 Å². The van der Waals surface area contributed by atoms with Crippen LogP contribution in [0.5, 0.6) is 0 Å². The smallest absolute Gasteiger partial charge is 0.309 e. The van der Waals surface area contributed by atoms with Gasteiger partial charge in [0.05, 0.1) is 11.6 Å². The van der Waals surface area contributed by atoms with E-state index in [2.05, 4.69) is 0 Å². The monoisotopic (exact) mass is 148 g/mol. The van der Waals surface area contributed by atoms with Crippen molar-refractivity contribution in [2.75, 3.05) is 0 Å². The Morgan fingerprint density at radius 2 is 2.10 bits per heavy atom. The van der Waals surface area contributed by atoms with Crippen molar-refractivity contribution in [1.29, 1.82) is 0 Å². The van der Waals surface area contributed by atoms with Crippen LogP contribution in [0, 0.1) is 5.41 Å². The quantitative estimate of drug-likeness (QED) is 0.663. The van der Waals surface area contributed by atoms with Crippen molar-refractivity contribution in [3.63, 3.8) is 0 Å².